The number of Topliss-reactive ketones (excluding diaryl/α,β-unsaturated/α-hetero) is 1. The maximum Gasteiger partial charge on any atom is 0.180 e. The minimum Gasteiger partial charge on any atom is -0.508 e. The minimum atomic E-state index is -0.142. The number of hydrogen-bond acceptors (Lipinski definition) is 4. The molecule has 0 aromatic heterocycles. The van der Waals surface area contributed by atoms with Gasteiger partial charge in [-0.1, -0.05) is 19.3 Å². The predicted molar refractivity (Wildman–Crippen MR) is 73.6 cm³/mol. The maximum absolute atomic E-state index is 12.2. The molecular weight excluding hydrogens is 242 g/mol. The van der Waals surface area contributed by atoms with Crippen LogP contribution < -0.4 is 0 Å². The molecule has 1 aromatic rings. The lowest BCUT2D eigenvalue weighted by molar-refractivity contribution is 0.0921. The van der Waals surface area contributed by atoms with E-state index in [1.54, 1.807) is 0 Å². The standard InChI is InChI=1S/C15H21NO3/c17-12-6-7-13(14(18)10-12)15(19)11-16-8-4-2-1-3-5-9-16/h6-7,10,17-18H,1-5,8-9,11H2. The zero-order chi connectivity index (χ0) is 13.7. The lowest BCUT2D eigenvalue weighted by atomic mass is 10.1. The fourth-order valence-electron chi connectivity index (χ4n) is 2.52. The SMILES string of the molecule is O=C(CN1CCCCCCC1)c1ccc(O)cc1O. The monoisotopic (exact) mass is 263 g/mol. The van der Waals surface area contributed by atoms with Gasteiger partial charge in [-0.15, -0.1) is 0 Å². The Hall–Kier alpha value is -1.55. The van der Waals surface area contributed by atoms with Crippen LogP contribution in [0.2, 0.25) is 0 Å². The van der Waals surface area contributed by atoms with E-state index in [4.69, 9.17) is 0 Å². The van der Waals surface area contributed by atoms with Gasteiger partial charge in [0, 0.05) is 6.07 Å². The van der Waals surface area contributed by atoms with E-state index in [1.165, 1.54) is 37.5 Å². The van der Waals surface area contributed by atoms with Gasteiger partial charge >= 0.3 is 0 Å². The Labute approximate surface area is 113 Å². The third-order valence-electron chi connectivity index (χ3n) is 3.60. The van der Waals surface area contributed by atoms with Crippen LogP contribution in [0.3, 0.4) is 0 Å². The molecule has 1 aliphatic rings. The van der Waals surface area contributed by atoms with Crippen molar-refractivity contribution in [1.82, 2.24) is 4.90 Å². The number of phenols is 2. The van der Waals surface area contributed by atoms with Gasteiger partial charge < -0.3 is 10.2 Å². The lowest BCUT2D eigenvalue weighted by Gasteiger charge is -2.23. The first-order valence-electron chi connectivity index (χ1n) is 6.94. The van der Waals surface area contributed by atoms with Gasteiger partial charge in [0.1, 0.15) is 11.5 Å². The largest absolute Gasteiger partial charge is 0.508 e. The predicted octanol–water partition coefficient (Wildman–Crippen LogP) is 2.55. The quantitative estimate of drug-likeness (QED) is 0.823. The molecule has 0 unspecified atom stereocenters. The van der Waals surface area contributed by atoms with Crippen molar-refractivity contribution in [2.24, 2.45) is 0 Å². The first kappa shape index (κ1) is 13.9. The van der Waals surface area contributed by atoms with Crippen LogP contribution in [0.1, 0.15) is 42.5 Å². The summed E-state index contributed by atoms with van der Waals surface area (Å²) in [4.78, 5) is 14.3. The molecule has 4 nitrogen and oxygen atoms in total. The fraction of sp³-hybridized carbons (Fsp3) is 0.533. The molecule has 2 N–H and O–H groups in total. The van der Waals surface area contributed by atoms with Crippen LogP contribution in [0.5, 0.6) is 11.5 Å². The van der Waals surface area contributed by atoms with Crippen molar-refractivity contribution in [2.75, 3.05) is 19.6 Å². The zero-order valence-corrected chi connectivity index (χ0v) is 11.1. The number of rotatable bonds is 3. The Morgan fingerprint density at radius 1 is 1.05 bits per heavy atom. The summed E-state index contributed by atoms with van der Waals surface area (Å²) in [6.07, 6.45) is 6.02. The smallest absolute Gasteiger partial charge is 0.180 e. The number of likely N-dealkylation sites (tertiary alicyclic amines) is 1. The van der Waals surface area contributed by atoms with Gasteiger partial charge in [0.25, 0.3) is 0 Å². The second-order valence-corrected chi connectivity index (χ2v) is 5.17. The Bertz CT molecular complexity index is 437. The van der Waals surface area contributed by atoms with E-state index >= 15 is 0 Å². The topological polar surface area (TPSA) is 60.8 Å². The van der Waals surface area contributed by atoms with E-state index in [2.05, 4.69) is 4.90 Å². The van der Waals surface area contributed by atoms with Crippen molar-refractivity contribution in [3.63, 3.8) is 0 Å². The van der Waals surface area contributed by atoms with Gasteiger partial charge in [-0.25, -0.2) is 0 Å². The molecule has 0 amide bonds. The van der Waals surface area contributed by atoms with Crippen molar-refractivity contribution in [1.29, 1.82) is 0 Å². The fourth-order valence-corrected chi connectivity index (χ4v) is 2.52. The average Bonchev–Trinajstić information content (AvgIpc) is 2.32. The summed E-state index contributed by atoms with van der Waals surface area (Å²) >= 11 is 0. The van der Waals surface area contributed by atoms with Gasteiger partial charge in [0.2, 0.25) is 0 Å². The third-order valence-corrected chi connectivity index (χ3v) is 3.60. The molecule has 1 saturated heterocycles. The number of ketones is 1. The number of phenolic OH excluding ortho intramolecular Hbond substituents is 2. The summed E-state index contributed by atoms with van der Waals surface area (Å²) in [5, 5.41) is 18.9. The highest BCUT2D eigenvalue weighted by Crippen LogP contribution is 2.23. The highest BCUT2D eigenvalue weighted by Gasteiger charge is 2.16. The number of carbonyl (C=O) groups excluding carboxylic acids is 1. The van der Waals surface area contributed by atoms with Crippen LogP contribution in [-0.4, -0.2) is 40.5 Å². The van der Waals surface area contributed by atoms with Crippen molar-refractivity contribution in [3.05, 3.63) is 23.8 Å². The Morgan fingerprint density at radius 3 is 2.32 bits per heavy atom. The molecule has 0 spiro atoms. The second kappa shape index (κ2) is 6.57. The molecule has 19 heavy (non-hydrogen) atoms. The lowest BCUT2D eigenvalue weighted by Crippen LogP contribution is -2.32. The molecular formula is C15H21NO3. The van der Waals surface area contributed by atoms with E-state index in [0.29, 0.717) is 12.1 Å². The molecule has 0 radical (unpaired) electrons. The molecule has 0 aliphatic carbocycles. The number of carbonyl (C=O) groups is 1. The molecule has 4 heteroatoms. The number of aromatic hydroxyl groups is 2. The summed E-state index contributed by atoms with van der Waals surface area (Å²) < 4.78 is 0. The van der Waals surface area contributed by atoms with Gasteiger partial charge in [0.15, 0.2) is 5.78 Å². The Kier molecular flexibility index (Phi) is 4.80. The summed E-state index contributed by atoms with van der Waals surface area (Å²) in [7, 11) is 0. The van der Waals surface area contributed by atoms with Crippen molar-refractivity contribution < 1.29 is 15.0 Å². The molecule has 1 aliphatic heterocycles. The van der Waals surface area contributed by atoms with Crippen LogP contribution in [0.15, 0.2) is 18.2 Å². The number of hydrogen-bond donors (Lipinski definition) is 2. The van der Waals surface area contributed by atoms with Crippen molar-refractivity contribution >= 4 is 5.78 Å². The van der Waals surface area contributed by atoms with Crippen LogP contribution in [-0.2, 0) is 0 Å². The molecule has 1 fully saturated rings. The minimum absolute atomic E-state index is 0.0275. The maximum atomic E-state index is 12.2. The zero-order valence-electron chi connectivity index (χ0n) is 11.1. The van der Waals surface area contributed by atoms with E-state index in [-0.39, 0.29) is 17.3 Å². The number of nitrogens with zero attached hydrogens (tertiary/aromatic N) is 1. The van der Waals surface area contributed by atoms with Gasteiger partial charge in [0.05, 0.1) is 12.1 Å². The Balaban J connectivity index is 1.99. The summed E-state index contributed by atoms with van der Waals surface area (Å²) in [5.74, 6) is -0.254. The highest BCUT2D eigenvalue weighted by molar-refractivity contribution is 6.00. The molecule has 1 aromatic carbocycles. The first-order valence-corrected chi connectivity index (χ1v) is 6.94. The van der Waals surface area contributed by atoms with Crippen LogP contribution in [0.25, 0.3) is 0 Å². The van der Waals surface area contributed by atoms with Crippen LogP contribution >= 0.6 is 0 Å². The van der Waals surface area contributed by atoms with E-state index in [9.17, 15) is 15.0 Å². The molecule has 0 saturated carbocycles. The first-order chi connectivity index (χ1) is 9.16. The molecule has 0 atom stereocenters. The van der Waals surface area contributed by atoms with Crippen molar-refractivity contribution in [2.45, 2.75) is 32.1 Å². The van der Waals surface area contributed by atoms with Gasteiger partial charge in [-0.3, -0.25) is 9.69 Å². The summed E-state index contributed by atoms with van der Waals surface area (Å²) in [5.41, 5.74) is 0.292. The molecule has 1 heterocycles. The Morgan fingerprint density at radius 2 is 1.68 bits per heavy atom. The molecule has 2 rings (SSSR count). The average molecular weight is 263 g/mol. The van der Waals surface area contributed by atoms with Crippen LogP contribution in [0, 0.1) is 0 Å². The molecule has 0 bridgehead atoms. The molecule has 104 valence electrons. The van der Waals surface area contributed by atoms with E-state index in [0.717, 1.165) is 25.9 Å². The third kappa shape index (κ3) is 3.96. The second-order valence-electron chi connectivity index (χ2n) is 5.17. The number of benzene rings is 1. The van der Waals surface area contributed by atoms with E-state index < -0.39 is 0 Å². The normalized spacial score (nSPS) is 17.7. The van der Waals surface area contributed by atoms with Gasteiger partial charge in [-0.05, 0) is 38.1 Å². The van der Waals surface area contributed by atoms with E-state index in [1.807, 2.05) is 0 Å². The van der Waals surface area contributed by atoms with Crippen molar-refractivity contribution in [3.8, 4) is 11.5 Å². The van der Waals surface area contributed by atoms with Crippen LogP contribution in [0.4, 0.5) is 0 Å². The van der Waals surface area contributed by atoms with Gasteiger partial charge in [-0.2, -0.15) is 0 Å². The summed E-state index contributed by atoms with van der Waals surface area (Å²) in [6, 6.07) is 4.12. The summed E-state index contributed by atoms with van der Waals surface area (Å²) in [6.45, 7) is 2.24. The highest BCUT2D eigenvalue weighted by atomic mass is 16.3.